The third kappa shape index (κ3) is 4.70. The van der Waals surface area contributed by atoms with Gasteiger partial charge in [-0.3, -0.25) is 4.79 Å². The second kappa shape index (κ2) is 7.75. The number of nitrogens with zero attached hydrogens (tertiary/aromatic N) is 1. The molecule has 2 nitrogen and oxygen atoms in total. The number of hydrogen-bond donors (Lipinski definition) is 0. The fraction of sp³-hybridized carbons (Fsp3) is 0.462. The Kier molecular flexibility index (Phi) is 6.63. The third-order valence-corrected chi connectivity index (χ3v) is 3.96. The van der Waals surface area contributed by atoms with E-state index >= 15 is 0 Å². The molecular weight excluding hydrogens is 254 g/mol. The molecule has 0 heterocycles. The van der Waals surface area contributed by atoms with Gasteiger partial charge in [-0.2, -0.15) is 0 Å². The second-order valence-corrected chi connectivity index (χ2v) is 5.25. The molecule has 0 amide bonds. The zero-order chi connectivity index (χ0) is 12.7. The molecule has 0 N–H and O–H groups in total. The molecule has 0 saturated heterocycles. The molecule has 4 heteroatoms. The lowest BCUT2D eigenvalue weighted by atomic mass is 10.2. The zero-order valence-electron chi connectivity index (χ0n) is 10.3. The van der Waals surface area contributed by atoms with Crippen LogP contribution in [0.5, 0.6) is 0 Å². The molecule has 0 atom stereocenters. The van der Waals surface area contributed by atoms with Gasteiger partial charge in [0.05, 0.1) is 0 Å². The van der Waals surface area contributed by atoms with Crippen LogP contribution in [-0.2, 0) is 0 Å². The van der Waals surface area contributed by atoms with Gasteiger partial charge in [-0.1, -0.05) is 25.4 Å². The van der Waals surface area contributed by atoms with Gasteiger partial charge in [0.25, 0.3) is 0 Å². The summed E-state index contributed by atoms with van der Waals surface area (Å²) in [4.78, 5) is 14.3. The first-order valence-corrected chi connectivity index (χ1v) is 7.17. The SMILES string of the molecule is CCN(CC)CCSc1ccc(Cl)cc1C=O. The summed E-state index contributed by atoms with van der Waals surface area (Å²) in [5, 5.41) is 0.611. The maximum atomic E-state index is 10.9. The van der Waals surface area contributed by atoms with Crippen molar-refractivity contribution in [1.82, 2.24) is 4.90 Å². The largest absolute Gasteiger partial charge is 0.303 e. The lowest BCUT2D eigenvalue weighted by Gasteiger charge is -2.17. The fourth-order valence-corrected chi connectivity index (χ4v) is 2.76. The number of hydrogen-bond acceptors (Lipinski definition) is 3. The predicted octanol–water partition coefficient (Wildman–Crippen LogP) is 3.59. The highest BCUT2D eigenvalue weighted by Gasteiger charge is 2.04. The van der Waals surface area contributed by atoms with Crippen LogP contribution in [0.4, 0.5) is 0 Å². The number of carbonyl (C=O) groups excluding carboxylic acids is 1. The first kappa shape index (κ1) is 14.6. The molecule has 17 heavy (non-hydrogen) atoms. The molecule has 0 spiro atoms. The molecule has 0 bridgehead atoms. The van der Waals surface area contributed by atoms with Crippen molar-refractivity contribution in [1.29, 1.82) is 0 Å². The summed E-state index contributed by atoms with van der Waals surface area (Å²) in [6.45, 7) is 7.50. The van der Waals surface area contributed by atoms with E-state index < -0.39 is 0 Å². The normalized spacial score (nSPS) is 10.8. The van der Waals surface area contributed by atoms with Crippen molar-refractivity contribution in [3.05, 3.63) is 28.8 Å². The van der Waals surface area contributed by atoms with Crippen LogP contribution in [0.1, 0.15) is 24.2 Å². The number of aldehydes is 1. The molecule has 0 unspecified atom stereocenters. The fourth-order valence-electron chi connectivity index (χ4n) is 1.57. The summed E-state index contributed by atoms with van der Waals surface area (Å²) in [6, 6.07) is 5.46. The van der Waals surface area contributed by atoms with E-state index in [1.807, 2.05) is 12.1 Å². The Morgan fingerprint density at radius 3 is 2.65 bits per heavy atom. The van der Waals surface area contributed by atoms with E-state index in [0.717, 1.165) is 36.6 Å². The van der Waals surface area contributed by atoms with E-state index in [0.29, 0.717) is 10.6 Å². The van der Waals surface area contributed by atoms with Crippen molar-refractivity contribution in [2.45, 2.75) is 18.7 Å². The van der Waals surface area contributed by atoms with Gasteiger partial charge in [0, 0.05) is 27.8 Å². The number of carbonyl (C=O) groups is 1. The molecule has 1 aromatic carbocycles. The molecular formula is C13H18ClNOS. The lowest BCUT2D eigenvalue weighted by molar-refractivity contribution is 0.112. The van der Waals surface area contributed by atoms with Crippen LogP contribution in [0.2, 0.25) is 5.02 Å². The minimum Gasteiger partial charge on any atom is -0.303 e. The van der Waals surface area contributed by atoms with E-state index in [4.69, 9.17) is 11.6 Å². The van der Waals surface area contributed by atoms with Crippen LogP contribution in [0, 0.1) is 0 Å². The summed E-state index contributed by atoms with van der Waals surface area (Å²) < 4.78 is 0. The van der Waals surface area contributed by atoms with Crippen molar-refractivity contribution in [2.24, 2.45) is 0 Å². The minimum absolute atomic E-state index is 0.611. The van der Waals surface area contributed by atoms with Crippen molar-refractivity contribution < 1.29 is 4.79 Å². The van der Waals surface area contributed by atoms with Gasteiger partial charge in [0.1, 0.15) is 0 Å². The van der Waals surface area contributed by atoms with Crippen LogP contribution in [0.25, 0.3) is 0 Å². The molecule has 0 aromatic heterocycles. The molecule has 0 aliphatic heterocycles. The van der Waals surface area contributed by atoms with Crippen molar-refractivity contribution in [2.75, 3.05) is 25.4 Å². The number of halogens is 1. The molecule has 0 aliphatic carbocycles. The van der Waals surface area contributed by atoms with Gasteiger partial charge in [-0.25, -0.2) is 0 Å². The summed E-state index contributed by atoms with van der Waals surface area (Å²) in [7, 11) is 0. The molecule has 1 aromatic rings. The van der Waals surface area contributed by atoms with E-state index in [2.05, 4.69) is 18.7 Å². The highest BCUT2D eigenvalue weighted by atomic mass is 35.5. The van der Waals surface area contributed by atoms with E-state index in [9.17, 15) is 4.79 Å². The van der Waals surface area contributed by atoms with Crippen LogP contribution in [0.15, 0.2) is 23.1 Å². The first-order chi connectivity index (χ1) is 8.21. The van der Waals surface area contributed by atoms with Crippen LogP contribution in [-0.4, -0.2) is 36.6 Å². The summed E-state index contributed by atoms with van der Waals surface area (Å²) >= 11 is 7.56. The number of rotatable bonds is 7. The summed E-state index contributed by atoms with van der Waals surface area (Å²) in [5.41, 5.74) is 0.682. The Morgan fingerprint density at radius 2 is 2.06 bits per heavy atom. The Hall–Kier alpha value is -0.510. The molecule has 0 aliphatic rings. The quantitative estimate of drug-likeness (QED) is 0.558. The highest BCUT2D eigenvalue weighted by Crippen LogP contribution is 2.24. The van der Waals surface area contributed by atoms with Gasteiger partial charge in [0.15, 0.2) is 6.29 Å². The first-order valence-electron chi connectivity index (χ1n) is 5.81. The standard InChI is InChI=1S/C13H18ClNOS/c1-3-15(4-2)7-8-17-13-6-5-12(14)9-11(13)10-16/h5-6,9-10H,3-4,7-8H2,1-2H3. The van der Waals surface area contributed by atoms with Gasteiger partial charge in [0.2, 0.25) is 0 Å². The average Bonchev–Trinajstić information content (AvgIpc) is 2.36. The maximum absolute atomic E-state index is 10.9. The third-order valence-electron chi connectivity index (χ3n) is 2.66. The van der Waals surface area contributed by atoms with Crippen LogP contribution >= 0.6 is 23.4 Å². The molecule has 94 valence electrons. The monoisotopic (exact) mass is 271 g/mol. The molecule has 0 saturated carbocycles. The minimum atomic E-state index is 0.611. The number of benzene rings is 1. The topological polar surface area (TPSA) is 20.3 Å². The highest BCUT2D eigenvalue weighted by molar-refractivity contribution is 7.99. The van der Waals surface area contributed by atoms with Gasteiger partial charge >= 0.3 is 0 Å². The second-order valence-electron chi connectivity index (χ2n) is 3.68. The van der Waals surface area contributed by atoms with Gasteiger partial charge < -0.3 is 4.90 Å². The van der Waals surface area contributed by atoms with E-state index in [1.54, 1.807) is 17.8 Å². The summed E-state index contributed by atoms with van der Waals surface area (Å²) in [6.07, 6.45) is 0.867. The number of thioether (sulfide) groups is 1. The van der Waals surface area contributed by atoms with Gasteiger partial charge in [-0.05, 0) is 31.3 Å². The van der Waals surface area contributed by atoms with Crippen molar-refractivity contribution in [3.8, 4) is 0 Å². The summed E-state index contributed by atoms with van der Waals surface area (Å²) in [5.74, 6) is 0.990. The zero-order valence-corrected chi connectivity index (χ0v) is 11.9. The van der Waals surface area contributed by atoms with Gasteiger partial charge in [-0.15, -0.1) is 11.8 Å². The molecule has 1 rings (SSSR count). The Balaban J connectivity index is 2.54. The molecule has 0 fully saturated rings. The Morgan fingerprint density at radius 1 is 1.35 bits per heavy atom. The van der Waals surface area contributed by atoms with Crippen LogP contribution < -0.4 is 0 Å². The Labute approximate surface area is 112 Å². The molecule has 0 radical (unpaired) electrons. The van der Waals surface area contributed by atoms with E-state index in [-0.39, 0.29) is 0 Å². The Bertz CT molecular complexity index is 366. The average molecular weight is 272 g/mol. The van der Waals surface area contributed by atoms with Crippen molar-refractivity contribution >= 4 is 29.6 Å². The van der Waals surface area contributed by atoms with E-state index in [1.165, 1.54) is 0 Å². The lowest BCUT2D eigenvalue weighted by Crippen LogP contribution is -2.25. The maximum Gasteiger partial charge on any atom is 0.151 e. The predicted molar refractivity (Wildman–Crippen MR) is 75.4 cm³/mol. The van der Waals surface area contributed by atoms with Crippen molar-refractivity contribution in [3.63, 3.8) is 0 Å². The smallest absolute Gasteiger partial charge is 0.151 e. The van der Waals surface area contributed by atoms with Crippen LogP contribution in [0.3, 0.4) is 0 Å².